The van der Waals surface area contributed by atoms with E-state index in [4.69, 9.17) is 16.3 Å². The smallest absolute Gasteiger partial charge is 0.306 e. The maximum Gasteiger partial charge on any atom is 0.306 e. The molecule has 0 radical (unpaired) electrons. The van der Waals surface area contributed by atoms with Gasteiger partial charge in [-0.25, -0.2) is 0 Å². The van der Waals surface area contributed by atoms with Gasteiger partial charge in [-0.1, -0.05) is 41.9 Å². The second kappa shape index (κ2) is 8.89. The van der Waals surface area contributed by atoms with Crippen LogP contribution >= 0.6 is 11.6 Å². The van der Waals surface area contributed by atoms with E-state index in [1.165, 1.54) is 0 Å². The van der Waals surface area contributed by atoms with Crippen molar-refractivity contribution in [1.29, 1.82) is 0 Å². The van der Waals surface area contributed by atoms with Gasteiger partial charge in [0.2, 0.25) is 5.78 Å². The molecule has 3 rings (SSSR count). The van der Waals surface area contributed by atoms with Crippen molar-refractivity contribution in [3.8, 4) is 5.69 Å². The third kappa shape index (κ3) is 4.70. The number of aryl methyl sites for hydroxylation is 2. The Morgan fingerprint density at radius 1 is 1.00 bits per heavy atom. The van der Waals surface area contributed by atoms with Crippen LogP contribution in [0.1, 0.15) is 33.7 Å². The zero-order valence-corrected chi connectivity index (χ0v) is 16.7. The van der Waals surface area contributed by atoms with Gasteiger partial charge in [-0.3, -0.25) is 9.59 Å². The molecule has 1 heterocycles. The first-order chi connectivity index (χ1) is 13.5. The number of carbonyl (C=O) groups excluding carboxylic acids is 2. The minimum Gasteiger partial charge on any atom is -0.457 e. The molecule has 3 aromatic rings. The summed E-state index contributed by atoms with van der Waals surface area (Å²) in [6.07, 6.45) is 0.847. The maximum atomic E-state index is 12.6. The number of hydrogen-bond acceptors (Lipinski definition) is 3. The second-order valence-electron chi connectivity index (χ2n) is 6.67. The van der Waals surface area contributed by atoms with Crippen molar-refractivity contribution >= 4 is 23.4 Å². The number of nitrogens with zero attached hydrogens (tertiary/aromatic N) is 1. The van der Waals surface area contributed by atoms with Gasteiger partial charge in [0.15, 0.2) is 6.61 Å². The van der Waals surface area contributed by atoms with Gasteiger partial charge in [0.05, 0.1) is 0 Å². The lowest BCUT2D eigenvalue weighted by Gasteiger charge is -2.10. The molecule has 0 unspecified atom stereocenters. The number of Topliss-reactive ketones (excluding diaryl/α,β-unsaturated/α-hetero) is 1. The third-order valence-electron chi connectivity index (χ3n) is 4.64. The Bertz CT molecular complexity index is 975. The minimum atomic E-state index is -0.372. The van der Waals surface area contributed by atoms with E-state index < -0.39 is 0 Å². The van der Waals surface area contributed by atoms with E-state index in [0.29, 0.717) is 17.0 Å². The molecule has 0 amide bonds. The van der Waals surface area contributed by atoms with E-state index in [-0.39, 0.29) is 24.8 Å². The monoisotopic (exact) mass is 395 g/mol. The van der Waals surface area contributed by atoms with E-state index in [9.17, 15) is 9.59 Å². The van der Waals surface area contributed by atoms with E-state index in [1.807, 2.05) is 79.1 Å². The lowest BCUT2D eigenvalue weighted by molar-refractivity contribution is -0.142. The first-order valence-electron chi connectivity index (χ1n) is 9.13. The van der Waals surface area contributed by atoms with Crippen molar-refractivity contribution in [3.05, 3.63) is 88.2 Å². The first kappa shape index (κ1) is 19.9. The summed E-state index contributed by atoms with van der Waals surface area (Å²) in [5, 5.41) is 0.657. The van der Waals surface area contributed by atoms with Crippen molar-refractivity contribution in [2.75, 3.05) is 6.61 Å². The van der Waals surface area contributed by atoms with Gasteiger partial charge in [0, 0.05) is 34.1 Å². The number of carbonyl (C=O) groups is 2. The van der Waals surface area contributed by atoms with Gasteiger partial charge in [-0.15, -0.1) is 0 Å². The highest BCUT2D eigenvalue weighted by atomic mass is 35.5. The number of halogens is 1. The number of aromatic nitrogens is 1. The van der Waals surface area contributed by atoms with Gasteiger partial charge < -0.3 is 9.30 Å². The average molecular weight is 396 g/mol. The van der Waals surface area contributed by atoms with Crippen LogP contribution in [0.2, 0.25) is 5.02 Å². The molecule has 1 aromatic heterocycles. The first-order valence-corrected chi connectivity index (χ1v) is 9.51. The molecular formula is C23H22ClNO3. The molecule has 2 aromatic carbocycles. The van der Waals surface area contributed by atoms with Crippen LogP contribution < -0.4 is 0 Å². The summed E-state index contributed by atoms with van der Waals surface area (Å²) in [5.74, 6) is -0.579. The van der Waals surface area contributed by atoms with Crippen molar-refractivity contribution in [1.82, 2.24) is 4.57 Å². The number of rotatable bonds is 7. The van der Waals surface area contributed by atoms with Crippen LogP contribution in [0.15, 0.2) is 60.7 Å². The Balaban J connectivity index is 1.62. The fourth-order valence-electron chi connectivity index (χ4n) is 3.22. The molecule has 0 aliphatic rings. The maximum absolute atomic E-state index is 12.6. The molecule has 144 valence electrons. The third-order valence-corrected chi connectivity index (χ3v) is 4.89. The molecule has 0 fully saturated rings. The van der Waals surface area contributed by atoms with Crippen molar-refractivity contribution in [2.45, 2.75) is 26.7 Å². The Morgan fingerprint density at radius 2 is 1.68 bits per heavy atom. The molecule has 4 nitrogen and oxygen atoms in total. The van der Waals surface area contributed by atoms with Crippen LogP contribution in [-0.4, -0.2) is 22.9 Å². The molecule has 0 bridgehead atoms. The summed E-state index contributed by atoms with van der Waals surface area (Å²) in [7, 11) is 0. The van der Waals surface area contributed by atoms with Gasteiger partial charge in [0.1, 0.15) is 0 Å². The summed E-state index contributed by atoms with van der Waals surface area (Å²) < 4.78 is 7.18. The lowest BCUT2D eigenvalue weighted by Crippen LogP contribution is -2.15. The molecule has 0 aliphatic carbocycles. The van der Waals surface area contributed by atoms with Crippen molar-refractivity contribution < 1.29 is 14.3 Å². The van der Waals surface area contributed by atoms with E-state index in [2.05, 4.69) is 0 Å². The summed E-state index contributed by atoms with van der Waals surface area (Å²) in [5.41, 5.74) is 4.29. The highest BCUT2D eigenvalue weighted by molar-refractivity contribution is 6.30. The number of ether oxygens (including phenoxy) is 1. The predicted molar refractivity (Wildman–Crippen MR) is 110 cm³/mol. The zero-order valence-electron chi connectivity index (χ0n) is 15.9. The summed E-state index contributed by atoms with van der Waals surface area (Å²) >= 11 is 5.96. The minimum absolute atomic E-state index is 0.207. The molecule has 0 N–H and O–H groups in total. The SMILES string of the molecule is Cc1cc(C(=O)COC(=O)CCc2ccccc2)c(C)n1-c1ccc(Cl)cc1. The van der Waals surface area contributed by atoms with Crippen molar-refractivity contribution in [2.24, 2.45) is 0 Å². The second-order valence-corrected chi connectivity index (χ2v) is 7.10. The number of ketones is 1. The Kier molecular flexibility index (Phi) is 6.32. The van der Waals surface area contributed by atoms with Crippen molar-refractivity contribution in [3.63, 3.8) is 0 Å². The van der Waals surface area contributed by atoms with Crippen LogP contribution in [0.5, 0.6) is 0 Å². The Labute approximate surface area is 169 Å². The molecule has 5 heteroatoms. The highest BCUT2D eigenvalue weighted by Crippen LogP contribution is 2.22. The Hall–Kier alpha value is -2.85. The van der Waals surface area contributed by atoms with Crippen LogP contribution in [0.4, 0.5) is 0 Å². The van der Waals surface area contributed by atoms with Crippen LogP contribution in [0.3, 0.4) is 0 Å². The molecule has 0 atom stereocenters. The molecule has 0 aliphatic heterocycles. The molecule has 0 saturated carbocycles. The Morgan fingerprint density at radius 3 is 2.36 bits per heavy atom. The van der Waals surface area contributed by atoms with Crippen LogP contribution in [0, 0.1) is 13.8 Å². The van der Waals surface area contributed by atoms with E-state index >= 15 is 0 Å². The predicted octanol–water partition coefficient (Wildman–Crippen LogP) is 5.11. The van der Waals surface area contributed by atoms with E-state index in [0.717, 1.165) is 22.6 Å². The highest BCUT2D eigenvalue weighted by Gasteiger charge is 2.18. The summed E-state index contributed by atoms with van der Waals surface area (Å²) in [6.45, 7) is 3.56. The number of esters is 1. The van der Waals surface area contributed by atoms with Gasteiger partial charge in [-0.2, -0.15) is 0 Å². The standard InChI is InChI=1S/C23H22ClNO3/c1-16-14-21(17(2)25(16)20-11-9-19(24)10-12-20)22(26)15-28-23(27)13-8-18-6-4-3-5-7-18/h3-7,9-12,14H,8,13,15H2,1-2H3. The normalized spacial score (nSPS) is 10.7. The number of hydrogen-bond donors (Lipinski definition) is 0. The van der Waals surface area contributed by atoms with Crippen LogP contribution in [-0.2, 0) is 16.0 Å². The quantitative estimate of drug-likeness (QED) is 0.412. The number of benzene rings is 2. The summed E-state index contributed by atoms with van der Waals surface area (Å²) in [4.78, 5) is 24.6. The van der Waals surface area contributed by atoms with E-state index in [1.54, 1.807) is 0 Å². The van der Waals surface area contributed by atoms with Gasteiger partial charge in [0.25, 0.3) is 0 Å². The molecule has 28 heavy (non-hydrogen) atoms. The largest absolute Gasteiger partial charge is 0.457 e. The average Bonchev–Trinajstić information content (AvgIpc) is 3.00. The molecule has 0 saturated heterocycles. The fourth-order valence-corrected chi connectivity index (χ4v) is 3.35. The topological polar surface area (TPSA) is 48.3 Å². The zero-order chi connectivity index (χ0) is 20.1. The summed E-state index contributed by atoms with van der Waals surface area (Å²) in [6, 6.07) is 19.0. The van der Waals surface area contributed by atoms with Gasteiger partial charge in [-0.05, 0) is 56.2 Å². The molecule has 0 spiro atoms. The van der Waals surface area contributed by atoms with Crippen LogP contribution in [0.25, 0.3) is 5.69 Å². The molecular weight excluding hydrogens is 374 g/mol. The van der Waals surface area contributed by atoms with Gasteiger partial charge >= 0.3 is 5.97 Å². The fraction of sp³-hybridized carbons (Fsp3) is 0.217. The lowest BCUT2D eigenvalue weighted by atomic mass is 10.1.